The lowest BCUT2D eigenvalue weighted by molar-refractivity contribution is 0.502. The lowest BCUT2D eigenvalue weighted by Gasteiger charge is -2.10. The summed E-state index contributed by atoms with van der Waals surface area (Å²) in [5.41, 5.74) is 0. The molecular weight excluding hydrogens is 274 g/mol. The van der Waals surface area contributed by atoms with Crippen LogP contribution in [0.3, 0.4) is 0 Å². The topological polar surface area (TPSA) is 58.2 Å². The van der Waals surface area contributed by atoms with Crippen molar-refractivity contribution in [2.24, 2.45) is 5.92 Å². The van der Waals surface area contributed by atoms with Crippen LogP contribution in [0, 0.1) is 17.6 Å². The summed E-state index contributed by atoms with van der Waals surface area (Å²) in [7, 11) is -3.77. The smallest absolute Gasteiger partial charge is 0.240 e. The van der Waals surface area contributed by atoms with Crippen LogP contribution in [0.15, 0.2) is 23.1 Å². The van der Waals surface area contributed by atoms with Crippen molar-refractivity contribution in [3.8, 4) is 0 Å². The maximum Gasteiger partial charge on any atom is 0.240 e. The normalized spacial score (nSPS) is 19.8. The molecule has 0 radical (unpaired) electrons. The monoisotopic (exact) mass is 290 g/mol. The van der Waals surface area contributed by atoms with E-state index in [1.807, 2.05) is 0 Å². The van der Waals surface area contributed by atoms with E-state index in [9.17, 15) is 17.2 Å². The Bertz CT molecular complexity index is 543. The third-order valence-electron chi connectivity index (χ3n) is 3.21. The van der Waals surface area contributed by atoms with Crippen LogP contribution in [-0.4, -0.2) is 28.1 Å². The van der Waals surface area contributed by atoms with Gasteiger partial charge in [0.05, 0.1) is 4.90 Å². The van der Waals surface area contributed by atoms with Crippen LogP contribution in [-0.2, 0) is 10.0 Å². The van der Waals surface area contributed by atoms with Gasteiger partial charge >= 0.3 is 0 Å². The highest BCUT2D eigenvalue weighted by molar-refractivity contribution is 7.89. The van der Waals surface area contributed by atoms with Crippen molar-refractivity contribution in [1.82, 2.24) is 10.0 Å². The molecule has 0 bridgehead atoms. The minimum absolute atomic E-state index is 0.254. The molecule has 1 aromatic carbocycles. The summed E-state index contributed by atoms with van der Waals surface area (Å²) in [6.45, 7) is 2.15. The van der Waals surface area contributed by atoms with Crippen molar-refractivity contribution in [2.45, 2.75) is 17.7 Å². The van der Waals surface area contributed by atoms with Gasteiger partial charge < -0.3 is 5.32 Å². The Balaban J connectivity index is 1.95. The van der Waals surface area contributed by atoms with Gasteiger partial charge in [0, 0.05) is 6.54 Å². The minimum Gasteiger partial charge on any atom is -0.316 e. The standard InChI is InChI=1S/C12H16F2N2O2S/c13-11-2-1-10(7-12(11)14)19(17,18)16-6-4-9-3-5-15-8-9/h1-2,7,9,15-16H,3-6,8H2. The van der Waals surface area contributed by atoms with E-state index >= 15 is 0 Å². The van der Waals surface area contributed by atoms with Gasteiger partial charge in [0.15, 0.2) is 11.6 Å². The molecule has 0 amide bonds. The fraction of sp³-hybridized carbons (Fsp3) is 0.500. The Labute approximate surface area is 111 Å². The zero-order valence-corrected chi connectivity index (χ0v) is 11.1. The predicted molar refractivity (Wildman–Crippen MR) is 67.1 cm³/mol. The molecule has 0 aliphatic carbocycles. The Kier molecular flexibility index (Phi) is 4.49. The molecule has 1 aromatic rings. The Morgan fingerprint density at radius 2 is 2.11 bits per heavy atom. The Morgan fingerprint density at radius 1 is 1.32 bits per heavy atom. The lowest BCUT2D eigenvalue weighted by Crippen LogP contribution is -2.26. The molecule has 2 rings (SSSR count). The van der Waals surface area contributed by atoms with Gasteiger partial charge in [-0.3, -0.25) is 0 Å². The second kappa shape index (κ2) is 5.94. The highest BCUT2D eigenvalue weighted by Gasteiger charge is 2.18. The van der Waals surface area contributed by atoms with Gasteiger partial charge in [-0.25, -0.2) is 21.9 Å². The molecule has 4 nitrogen and oxygen atoms in total. The first-order valence-electron chi connectivity index (χ1n) is 6.14. The number of rotatable bonds is 5. The molecule has 0 spiro atoms. The van der Waals surface area contributed by atoms with Gasteiger partial charge in [0.2, 0.25) is 10.0 Å². The van der Waals surface area contributed by atoms with Crippen LogP contribution in [0.5, 0.6) is 0 Å². The van der Waals surface area contributed by atoms with E-state index in [1.54, 1.807) is 0 Å². The fourth-order valence-corrected chi connectivity index (χ4v) is 3.14. The van der Waals surface area contributed by atoms with Crippen LogP contribution < -0.4 is 10.0 Å². The van der Waals surface area contributed by atoms with E-state index in [-0.39, 0.29) is 4.90 Å². The second-order valence-electron chi connectivity index (χ2n) is 4.62. The molecule has 2 N–H and O–H groups in total. The maximum atomic E-state index is 13.0. The molecule has 1 unspecified atom stereocenters. The van der Waals surface area contributed by atoms with Crippen molar-refractivity contribution in [3.05, 3.63) is 29.8 Å². The van der Waals surface area contributed by atoms with Gasteiger partial charge in [0.25, 0.3) is 0 Å². The van der Waals surface area contributed by atoms with Gasteiger partial charge in [0.1, 0.15) is 0 Å². The molecule has 106 valence electrons. The third kappa shape index (κ3) is 3.71. The average molecular weight is 290 g/mol. The first kappa shape index (κ1) is 14.4. The van der Waals surface area contributed by atoms with Gasteiger partial charge in [-0.1, -0.05) is 0 Å². The van der Waals surface area contributed by atoms with Gasteiger partial charge in [-0.05, 0) is 50.0 Å². The number of benzene rings is 1. The van der Waals surface area contributed by atoms with Crippen LogP contribution in [0.1, 0.15) is 12.8 Å². The number of nitrogens with one attached hydrogen (secondary N) is 2. The summed E-state index contributed by atoms with van der Waals surface area (Å²) in [6.07, 6.45) is 1.77. The summed E-state index contributed by atoms with van der Waals surface area (Å²) >= 11 is 0. The van der Waals surface area contributed by atoms with Crippen LogP contribution in [0.4, 0.5) is 8.78 Å². The van der Waals surface area contributed by atoms with Crippen molar-refractivity contribution < 1.29 is 17.2 Å². The molecule has 1 saturated heterocycles. The van der Waals surface area contributed by atoms with E-state index in [2.05, 4.69) is 10.0 Å². The molecular formula is C12H16F2N2O2S. The number of halogens is 2. The summed E-state index contributed by atoms with van der Waals surface area (Å²) in [5.74, 6) is -1.76. The molecule has 1 aliphatic rings. The molecule has 1 fully saturated rings. The SMILES string of the molecule is O=S(=O)(NCCC1CCNC1)c1ccc(F)c(F)c1. The summed E-state index contributed by atoms with van der Waals surface area (Å²) < 4.78 is 51.9. The molecule has 0 aromatic heterocycles. The molecule has 19 heavy (non-hydrogen) atoms. The molecule has 0 saturated carbocycles. The van der Waals surface area contributed by atoms with E-state index in [4.69, 9.17) is 0 Å². The summed E-state index contributed by atoms with van der Waals surface area (Å²) in [6, 6.07) is 2.55. The zero-order valence-electron chi connectivity index (χ0n) is 10.3. The summed E-state index contributed by atoms with van der Waals surface area (Å²) in [5, 5.41) is 3.20. The number of sulfonamides is 1. The Morgan fingerprint density at radius 3 is 2.74 bits per heavy atom. The zero-order chi connectivity index (χ0) is 13.9. The van der Waals surface area contributed by atoms with Gasteiger partial charge in [-0.2, -0.15) is 0 Å². The van der Waals surface area contributed by atoms with Crippen LogP contribution >= 0.6 is 0 Å². The fourth-order valence-electron chi connectivity index (χ4n) is 2.09. The van der Waals surface area contributed by atoms with Crippen molar-refractivity contribution in [3.63, 3.8) is 0 Å². The van der Waals surface area contributed by atoms with Gasteiger partial charge in [-0.15, -0.1) is 0 Å². The molecule has 7 heteroatoms. The highest BCUT2D eigenvalue weighted by Crippen LogP contribution is 2.15. The van der Waals surface area contributed by atoms with E-state index in [0.717, 1.165) is 38.1 Å². The van der Waals surface area contributed by atoms with E-state index < -0.39 is 21.7 Å². The molecule has 1 aliphatic heterocycles. The van der Waals surface area contributed by atoms with E-state index in [0.29, 0.717) is 18.5 Å². The molecule has 1 heterocycles. The number of hydrogen-bond acceptors (Lipinski definition) is 3. The van der Waals surface area contributed by atoms with Crippen molar-refractivity contribution >= 4 is 10.0 Å². The van der Waals surface area contributed by atoms with Crippen molar-refractivity contribution in [1.29, 1.82) is 0 Å². The average Bonchev–Trinajstić information content (AvgIpc) is 2.85. The van der Waals surface area contributed by atoms with Crippen molar-refractivity contribution in [2.75, 3.05) is 19.6 Å². The number of hydrogen-bond donors (Lipinski definition) is 2. The largest absolute Gasteiger partial charge is 0.316 e. The Hall–Kier alpha value is -1.05. The first-order chi connectivity index (χ1) is 8.99. The summed E-state index contributed by atoms with van der Waals surface area (Å²) in [4.78, 5) is -0.254. The lowest BCUT2D eigenvalue weighted by atomic mass is 10.1. The van der Waals surface area contributed by atoms with Crippen LogP contribution in [0.25, 0.3) is 0 Å². The quantitative estimate of drug-likeness (QED) is 0.858. The molecule has 1 atom stereocenters. The third-order valence-corrected chi connectivity index (χ3v) is 4.67. The maximum absolute atomic E-state index is 13.0. The van der Waals surface area contributed by atoms with Crippen LogP contribution in [0.2, 0.25) is 0 Å². The first-order valence-corrected chi connectivity index (χ1v) is 7.63. The predicted octanol–water partition coefficient (Wildman–Crippen LogP) is 1.24. The second-order valence-corrected chi connectivity index (χ2v) is 6.39. The van der Waals surface area contributed by atoms with E-state index in [1.165, 1.54) is 0 Å². The minimum atomic E-state index is -3.77. The highest BCUT2D eigenvalue weighted by atomic mass is 32.2.